The van der Waals surface area contributed by atoms with Gasteiger partial charge >= 0.3 is 0 Å². The first kappa shape index (κ1) is 22.5. The van der Waals surface area contributed by atoms with Crippen LogP contribution in [-0.4, -0.2) is 33.8 Å². The van der Waals surface area contributed by atoms with Gasteiger partial charge in [0.2, 0.25) is 0 Å². The molecule has 0 bridgehead atoms. The molecule has 3 aromatic rings. The van der Waals surface area contributed by atoms with Crippen LogP contribution < -0.4 is 16.0 Å². The third-order valence-corrected chi connectivity index (χ3v) is 7.09. The molecule has 1 aliphatic carbocycles. The topological polar surface area (TPSA) is 89.1 Å². The highest BCUT2D eigenvalue weighted by Gasteiger charge is 2.44. The fourth-order valence-corrected chi connectivity index (χ4v) is 5.44. The normalized spacial score (nSPS) is 21.7. The molecule has 3 heterocycles. The Morgan fingerprint density at radius 1 is 1.12 bits per heavy atom. The van der Waals surface area contributed by atoms with Crippen LogP contribution in [0, 0.1) is 29.3 Å². The van der Waals surface area contributed by atoms with E-state index in [1.165, 1.54) is 22.9 Å². The summed E-state index contributed by atoms with van der Waals surface area (Å²) in [5, 5.41) is 7.13. The average molecular weight is 491 g/mol. The number of anilines is 3. The minimum Gasteiger partial charge on any atom is -0.383 e. The lowest BCUT2D eigenvalue weighted by atomic mass is 9.97. The van der Waals surface area contributed by atoms with E-state index in [-0.39, 0.29) is 39.8 Å². The lowest BCUT2D eigenvalue weighted by molar-refractivity contribution is 0.102. The van der Waals surface area contributed by atoms with Crippen molar-refractivity contribution in [2.24, 2.45) is 18.9 Å². The number of carbonyl (C=O) groups excluding carboxylic acids is 1. The zero-order valence-electron chi connectivity index (χ0n) is 18.2. The van der Waals surface area contributed by atoms with E-state index in [9.17, 15) is 18.0 Å². The van der Waals surface area contributed by atoms with Crippen LogP contribution in [0.3, 0.4) is 0 Å². The molecule has 1 saturated carbocycles. The number of nitrogens with one attached hydrogen (secondary N) is 1. The number of amides is 1. The Balaban J connectivity index is 1.35. The van der Waals surface area contributed by atoms with Crippen molar-refractivity contribution in [3.63, 3.8) is 0 Å². The smallest absolute Gasteiger partial charge is 0.261 e. The van der Waals surface area contributed by atoms with E-state index >= 15 is 0 Å². The van der Waals surface area contributed by atoms with Gasteiger partial charge in [0, 0.05) is 31.7 Å². The van der Waals surface area contributed by atoms with Gasteiger partial charge in [-0.05, 0) is 42.9 Å². The Kier molecular flexibility index (Phi) is 5.63. The molecule has 2 aromatic heterocycles. The van der Waals surface area contributed by atoms with Crippen molar-refractivity contribution >= 4 is 34.7 Å². The number of pyridine rings is 1. The molecule has 2 fully saturated rings. The summed E-state index contributed by atoms with van der Waals surface area (Å²) in [6, 6.07) is 3.91. The van der Waals surface area contributed by atoms with Gasteiger partial charge in [0.1, 0.15) is 22.9 Å². The van der Waals surface area contributed by atoms with Gasteiger partial charge in [-0.2, -0.15) is 5.10 Å². The molecule has 7 nitrogen and oxygen atoms in total. The van der Waals surface area contributed by atoms with Crippen LogP contribution in [0.1, 0.15) is 34.8 Å². The number of fused-ring (bicyclic) bond motifs is 1. The van der Waals surface area contributed by atoms with Gasteiger partial charge < -0.3 is 16.0 Å². The first-order chi connectivity index (χ1) is 16.2. The standard InChI is InChI=1S/C23H22ClF3N6O/c1-32-22(28)19(23(34)30-14-2-3-16(25)15(24)6-14)20(31-32)11-4-12-9-33(10-13(12)5-11)21-17(26)7-29-8-18(21)27/h2-3,6-8,11-13H,4-5,9-10,28H2,1H3,(H,30,34). The molecule has 5 rings (SSSR count). The number of carbonyl (C=O) groups is 1. The maximum absolute atomic E-state index is 14.2. The zero-order chi connectivity index (χ0) is 24.1. The Hall–Kier alpha value is -3.27. The number of nitrogen functional groups attached to an aromatic ring is 1. The molecule has 0 radical (unpaired) electrons. The third kappa shape index (κ3) is 3.85. The first-order valence-electron chi connectivity index (χ1n) is 10.9. The Bertz CT molecular complexity index is 1250. The molecule has 2 atom stereocenters. The van der Waals surface area contributed by atoms with Crippen LogP contribution in [0.4, 0.5) is 30.4 Å². The molecule has 1 aromatic carbocycles. The number of hydrogen-bond acceptors (Lipinski definition) is 5. The van der Waals surface area contributed by atoms with Gasteiger partial charge in [0.15, 0.2) is 11.6 Å². The SMILES string of the molecule is Cn1nc(C2CC3CN(c4c(F)cncc4F)CC3C2)c(C(=O)Nc2ccc(F)c(Cl)c2)c1N. The molecule has 2 unspecified atom stereocenters. The summed E-state index contributed by atoms with van der Waals surface area (Å²) in [5.41, 5.74) is 7.35. The second-order valence-electron chi connectivity index (χ2n) is 8.90. The van der Waals surface area contributed by atoms with Crippen LogP contribution in [0.5, 0.6) is 0 Å². The number of nitrogens with two attached hydrogens (primary N) is 1. The largest absolute Gasteiger partial charge is 0.383 e. The van der Waals surface area contributed by atoms with Crippen LogP contribution >= 0.6 is 11.6 Å². The average Bonchev–Trinajstić information content (AvgIpc) is 3.43. The Labute approximate surface area is 198 Å². The summed E-state index contributed by atoms with van der Waals surface area (Å²) >= 11 is 5.82. The first-order valence-corrected chi connectivity index (χ1v) is 11.2. The second-order valence-corrected chi connectivity index (χ2v) is 9.30. The summed E-state index contributed by atoms with van der Waals surface area (Å²) in [5.74, 6) is -1.78. The molecule has 1 aliphatic heterocycles. The van der Waals surface area contributed by atoms with E-state index in [2.05, 4.69) is 15.4 Å². The molecule has 1 saturated heterocycles. The van der Waals surface area contributed by atoms with E-state index in [1.807, 2.05) is 0 Å². The maximum Gasteiger partial charge on any atom is 0.261 e. The van der Waals surface area contributed by atoms with Crippen molar-refractivity contribution < 1.29 is 18.0 Å². The number of benzene rings is 1. The Morgan fingerprint density at radius 3 is 2.38 bits per heavy atom. The minimum atomic E-state index is -0.672. The quantitative estimate of drug-likeness (QED) is 0.567. The van der Waals surface area contributed by atoms with Crippen molar-refractivity contribution in [3.8, 4) is 0 Å². The Morgan fingerprint density at radius 2 is 1.76 bits per heavy atom. The van der Waals surface area contributed by atoms with Gasteiger partial charge in [-0.3, -0.25) is 14.5 Å². The molecule has 178 valence electrons. The van der Waals surface area contributed by atoms with Crippen molar-refractivity contribution in [1.29, 1.82) is 0 Å². The minimum absolute atomic E-state index is 0.0228. The summed E-state index contributed by atoms with van der Waals surface area (Å²) < 4.78 is 43.3. The van der Waals surface area contributed by atoms with Crippen molar-refractivity contribution in [2.75, 3.05) is 29.0 Å². The number of hydrogen-bond donors (Lipinski definition) is 2. The number of nitrogens with zero attached hydrogens (tertiary/aromatic N) is 4. The van der Waals surface area contributed by atoms with Gasteiger partial charge in [0.25, 0.3) is 5.91 Å². The molecule has 3 N–H and O–H groups in total. The summed E-state index contributed by atoms with van der Waals surface area (Å²) in [6.07, 6.45) is 3.47. The lowest BCUT2D eigenvalue weighted by Crippen LogP contribution is -2.24. The highest BCUT2D eigenvalue weighted by atomic mass is 35.5. The highest BCUT2D eigenvalue weighted by Crippen LogP contribution is 2.48. The van der Waals surface area contributed by atoms with E-state index in [0.717, 1.165) is 12.4 Å². The second kappa shape index (κ2) is 8.50. The van der Waals surface area contributed by atoms with Crippen LogP contribution in [0.25, 0.3) is 0 Å². The number of halogens is 4. The highest BCUT2D eigenvalue weighted by molar-refractivity contribution is 6.31. The van der Waals surface area contributed by atoms with Crippen LogP contribution in [0.15, 0.2) is 30.6 Å². The number of aryl methyl sites for hydroxylation is 1. The molecular formula is C23H22ClF3N6O. The molecule has 0 spiro atoms. The molecule has 34 heavy (non-hydrogen) atoms. The van der Waals surface area contributed by atoms with Crippen LogP contribution in [0.2, 0.25) is 5.02 Å². The van der Waals surface area contributed by atoms with Crippen molar-refractivity contribution in [3.05, 3.63) is 64.3 Å². The van der Waals surface area contributed by atoms with Gasteiger partial charge in [-0.15, -0.1) is 0 Å². The van der Waals surface area contributed by atoms with E-state index < -0.39 is 23.4 Å². The molecule has 1 amide bonds. The number of rotatable bonds is 4. The summed E-state index contributed by atoms with van der Waals surface area (Å²) in [7, 11) is 1.66. The van der Waals surface area contributed by atoms with E-state index in [1.54, 1.807) is 11.9 Å². The maximum atomic E-state index is 14.2. The fourth-order valence-electron chi connectivity index (χ4n) is 5.26. The molecule has 2 aliphatic rings. The molecule has 11 heteroatoms. The van der Waals surface area contributed by atoms with Gasteiger partial charge in [-0.1, -0.05) is 11.6 Å². The lowest BCUT2D eigenvalue weighted by Gasteiger charge is -2.21. The van der Waals surface area contributed by atoms with Gasteiger partial charge in [0.05, 0.1) is 23.1 Å². The zero-order valence-corrected chi connectivity index (χ0v) is 19.0. The van der Waals surface area contributed by atoms with Crippen molar-refractivity contribution in [1.82, 2.24) is 14.8 Å². The predicted molar refractivity (Wildman–Crippen MR) is 122 cm³/mol. The number of aromatic nitrogens is 3. The third-order valence-electron chi connectivity index (χ3n) is 6.81. The van der Waals surface area contributed by atoms with E-state index in [4.69, 9.17) is 17.3 Å². The van der Waals surface area contributed by atoms with Crippen molar-refractivity contribution in [2.45, 2.75) is 18.8 Å². The molecular weight excluding hydrogens is 469 g/mol. The van der Waals surface area contributed by atoms with E-state index in [0.29, 0.717) is 37.3 Å². The summed E-state index contributed by atoms with van der Waals surface area (Å²) in [4.78, 5) is 18.4. The predicted octanol–water partition coefficient (Wildman–Crippen LogP) is 4.35. The fraction of sp³-hybridized carbons (Fsp3) is 0.348. The summed E-state index contributed by atoms with van der Waals surface area (Å²) in [6.45, 7) is 1.02. The van der Waals surface area contributed by atoms with Crippen LogP contribution in [-0.2, 0) is 7.05 Å². The monoisotopic (exact) mass is 490 g/mol. The van der Waals surface area contributed by atoms with Gasteiger partial charge in [-0.25, -0.2) is 13.2 Å².